The van der Waals surface area contributed by atoms with Gasteiger partial charge in [-0.1, -0.05) is 71.7 Å². The number of rotatable bonds is 8. The Labute approximate surface area is 225 Å². The summed E-state index contributed by atoms with van der Waals surface area (Å²) in [5, 5.41) is 3.58. The summed E-state index contributed by atoms with van der Waals surface area (Å²) in [7, 11) is -3.64. The number of nitrogens with one attached hydrogen (secondary N) is 1. The molecule has 0 bridgehead atoms. The Balaban J connectivity index is 1.58. The van der Waals surface area contributed by atoms with Crippen molar-refractivity contribution in [1.82, 2.24) is 0 Å². The molecule has 37 heavy (non-hydrogen) atoms. The normalized spacial score (nSPS) is 11.1. The molecule has 0 unspecified atom stereocenters. The van der Waals surface area contributed by atoms with Crippen molar-refractivity contribution < 1.29 is 18.0 Å². The second kappa shape index (κ2) is 11.2. The number of carbonyl (C=O) groups is 2. The fourth-order valence-electron chi connectivity index (χ4n) is 3.71. The predicted molar refractivity (Wildman–Crippen MR) is 148 cm³/mol. The summed E-state index contributed by atoms with van der Waals surface area (Å²) in [5.74, 6) is -0.745. The number of amides is 1. The van der Waals surface area contributed by atoms with E-state index in [1.807, 2.05) is 0 Å². The van der Waals surface area contributed by atoms with Crippen molar-refractivity contribution in [1.29, 1.82) is 0 Å². The third kappa shape index (κ3) is 6.38. The molecule has 4 aromatic rings. The molecule has 0 spiro atoms. The minimum absolute atomic E-state index is 0.0415. The van der Waals surface area contributed by atoms with E-state index in [0.717, 1.165) is 6.26 Å². The number of halogens is 2. The van der Waals surface area contributed by atoms with Gasteiger partial charge in [0, 0.05) is 26.7 Å². The van der Waals surface area contributed by atoms with E-state index in [2.05, 4.69) is 5.32 Å². The highest BCUT2D eigenvalue weighted by Gasteiger charge is 2.20. The van der Waals surface area contributed by atoms with Crippen molar-refractivity contribution >= 4 is 56.3 Å². The van der Waals surface area contributed by atoms with Crippen LogP contribution in [0.3, 0.4) is 0 Å². The van der Waals surface area contributed by atoms with E-state index in [4.69, 9.17) is 23.2 Å². The maximum atomic E-state index is 13.0. The number of sulfonamides is 1. The smallest absolute Gasteiger partial charge is 0.255 e. The standard InChI is InChI=1S/C28H22Cl2N2O4S/c1-37(35,36)32(18-21-9-5-6-10-25(21)30)23-14-11-20(12-15-23)28(34)31-26-16-13-22(29)17-24(26)27(33)19-7-3-2-4-8-19/h2-17H,18H2,1H3,(H,31,34). The van der Waals surface area contributed by atoms with E-state index in [-0.39, 0.29) is 23.5 Å². The first kappa shape index (κ1) is 26.4. The van der Waals surface area contributed by atoms with E-state index < -0.39 is 15.9 Å². The first-order valence-electron chi connectivity index (χ1n) is 11.2. The second-order valence-electron chi connectivity index (χ2n) is 8.25. The van der Waals surface area contributed by atoms with Gasteiger partial charge in [0.2, 0.25) is 10.0 Å². The van der Waals surface area contributed by atoms with Crippen LogP contribution in [0.25, 0.3) is 0 Å². The summed E-state index contributed by atoms with van der Waals surface area (Å²) in [4.78, 5) is 26.1. The van der Waals surface area contributed by atoms with Crippen LogP contribution in [0.15, 0.2) is 97.1 Å². The molecule has 0 fully saturated rings. The Bertz CT molecular complexity index is 1560. The fourth-order valence-corrected chi connectivity index (χ4v) is 4.96. The average molecular weight is 553 g/mol. The second-order valence-corrected chi connectivity index (χ2v) is 11.0. The van der Waals surface area contributed by atoms with Gasteiger partial charge in [0.25, 0.3) is 5.91 Å². The van der Waals surface area contributed by atoms with Crippen molar-refractivity contribution in [3.05, 3.63) is 129 Å². The van der Waals surface area contributed by atoms with Gasteiger partial charge in [-0.15, -0.1) is 0 Å². The maximum absolute atomic E-state index is 13.0. The molecular weight excluding hydrogens is 531 g/mol. The summed E-state index contributed by atoms with van der Waals surface area (Å²) >= 11 is 12.4. The van der Waals surface area contributed by atoms with Crippen LogP contribution in [0.5, 0.6) is 0 Å². The molecule has 0 aliphatic heterocycles. The molecule has 4 rings (SSSR count). The van der Waals surface area contributed by atoms with Crippen molar-refractivity contribution in [2.24, 2.45) is 0 Å². The number of benzene rings is 4. The highest BCUT2D eigenvalue weighted by atomic mass is 35.5. The minimum Gasteiger partial charge on any atom is -0.321 e. The van der Waals surface area contributed by atoms with Gasteiger partial charge < -0.3 is 5.32 Å². The van der Waals surface area contributed by atoms with Gasteiger partial charge in [-0.3, -0.25) is 13.9 Å². The van der Waals surface area contributed by atoms with E-state index in [1.165, 1.54) is 22.5 Å². The lowest BCUT2D eigenvalue weighted by Gasteiger charge is -2.23. The molecule has 1 N–H and O–H groups in total. The van der Waals surface area contributed by atoms with Gasteiger partial charge in [0.15, 0.2) is 5.78 Å². The Hall–Kier alpha value is -3.65. The largest absolute Gasteiger partial charge is 0.321 e. The van der Waals surface area contributed by atoms with Crippen LogP contribution in [-0.4, -0.2) is 26.4 Å². The van der Waals surface area contributed by atoms with Gasteiger partial charge in [-0.2, -0.15) is 0 Å². The zero-order valence-electron chi connectivity index (χ0n) is 19.7. The zero-order chi connectivity index (χ0) is 26.6. The Kier molecular flexibility index (Phi) is 7.97. The van der Waals surface area contributed by atoms with E-state index >= 15 is 0 Å². The molecule has 4 aromatic carbocycles. The summed E-state index contributed by atoms with van der Waals surface area (Å²) in [6.07, 6.45) is 1.11. The molecule has 0 aliphatic carbocycles. The molecule has 1 amide bonds. The van der Waals surface area contributed by atoms with Gasteiger partial charge in [-0.05, 0) is 54.1 Å². The highest BCUT2D eigenvalue weighted by molar-refractivity contribution is 7.92. The van der Waals surface area contributed by atoms with Crippen LogP contribution in [0.4, 0.5) is 11.4 Å². The maximum Gasteiger partial charge on any atom is 0.255 e. The molecule has 0 aromatic heterocycles. The average Bonchev–Trinajstić information content (AvgIpc) is 2.88. The van der Waals surface area contributed by atoms with Gasteiger partial charge in [0.05, 0.1) is 24.2 Å². The molecule has 0 saturated carbocycles. The van der Waals surface area contributed by atoms with Crippen molar-refractivity contribution in [2.45, 2.75) is 6.54 Å². The third-order valence-corrected chi connectivity index (χ3v) is 7.34. The quantitative estimate of drug-likeness (QED) is 0.255. The van der Waals surface area contributed by atoms with E-state index in [0.29, 0.717) is 32.5 Å². The third-order valence-electron chi connectivity index (χ3n) is 5.60. The molecule has 0 aliphatic rings. The SMILES string of the molecule is CS(=O)(=O)N(Cc1ccccc1Cl)c1ccc(C(=O)Nc2ccc(Cl)cc2C(=O)c2ccccc2)cc1. The number of hydrogen-bond acceptors (Lipinski definition) is 4. The molecular formula is C28H22Cl2N2O4S. The lowest BCUT2D eigenvalue weighted by atomic mass is 10.0. The van der Waals surface area contributed by atoms with Crippen LogP contribution in [-0.2, 0) is 16.6 Å². The first-order chi connectivity index (χ1) is 17.6. The van der Waals surface area contributed by atoms with Crippen molar-refractivity contribution in [3.63, 3.8) is 0 Å². The summed E-state index contributed by atoms with van der Waals surface area (Å²) in [6.45, 7) is 0.0415. The van der Waals surface area contributed by atoms with Crippen LogP contribution < -0.4 is 9.62 Å². The monoisotopic (exact) mass is 552 g/mol. The number of nitrogens with zero attached hydrogens (tertiary/aromatic N) is 1. The van der Waals surface area contributed by atoms with Crippen LogP contribution >= 0.6 is 23.2 Å². The first-order valence-corrected chi connectivity index (χ1v) is 13.8. The van der Waals surface area contributed by atoms with Crippen molar-refractivity contribution in [2.75, 3.05) is 15.9 Å². The lowest BCUT2D eigenvalue weighted by Crippen LogP contribution is -2.29. The number of carbonyl (C=O) groups excluding carboxylic acids is 2. The highest BCUT2D eigenvalue weighted by Crippen LogP contribution is 2.27. The van der Waals surface area contributed by atoms with Gasteiger partial charge >= 0.3 is 0 Å². The van der Waals surface area contributed by atoms with Crippen molar-refractivity contribution in [3.8, 4) is 0 Å². The summed E-state index contributed by atoms with van der Waals surface area (Å²) < 4.78 is 26.2. The molecule has 0 saturated heterocycles. The van der Waals surface area contributed by atoms with E-state index in [1.54, 1.807) is 78.9 Å². The Morgan fingerprint density at radius 1 is 0.811 bits per heavy atom. The van der Waals surface area contributed by atoms with E-state index in [9.17, 15) is 18.0 Å². The number of ketones is 1. The number of hydrogen-bond donors (Lipinski definition) is 1. The van der Waals surface area contributed by atoms with Crippen LogP contribution in [0.2, 0.25) is 10.0 Å². The molecule has 0 atom stereocenters. The van der Waals surface area contributed by atoms with Gasteiger partial charge in [0.1, 0.15) is 0 Å². The molecule has 0 heterocycles. The van der Waals surface area contributed by atoms with Crippen LogP contribution in [0.1, 0.15) is 31.8 Å². The molecule has 6 nitrogen and oxygen atoms in total. The topological polar surface area (TPSA) is 83.6 Å². The summed E-state index contributed by atoms with van der Waals surface area (Å²) in [6, 6.07) is 26.5. The van der Waals surface area contributed by atoms with Crippen LogP contribution in [0, 0.1) is 0 Å². The zero-order valence-corrected chi connectivity index (χ0v) is 22.0. The molecule has 0 radical (unpaired) electrons. The lowest BCUT2D eigenvalue weighted by molar-refractivity contribution is 0.102. The predicted octanol–water partition coefficient (Wildman–Crippen LogP) is 6.44. The Morgan fingerprint density at radius 2 is 1.46 bits per heavy atom. The molecule has 188 valence electrons. The minimum atomic E-state index is -3.64. The number of anilines is 2. The molecule has 9 heteroatoms. The van der Waals surface area contributed by atoms with Gasteiger partial charge in [-0.25, -0.2) is 8.42 Å². The summed E-state index contributed by atoms with van der Waals surface area (Å²) in [5.41, 5.74) is 2.34. The Morgan fingerprint density at radius 3 is 2.11 bits per heavy atom. The fraction of sp³-hybridized carbons (Fsp3) is 0.0714.